The summed E-state index contributed by atoms with van der Waals surface area (Å²) in [7, 11) is 5.51. The maximum absolute atomic E-state index is 13.4. The van der Waals surface area contributed by atoms with Gasteiger partial charge in [-0.1, -0.05) is 35.9 Å². The molecule has 0 spiro atoms. The average molecular weight is 658 g/mol. The van der Waals surface area contributed by atoms with E-state index >= 15 is 0 Å². The van der Waals surface area contributed by atoms with E-state index in [0.717, 1.165) is 72.7 Å². The van der Waals surface area contributed by atoms with Gasteiger partial charge in [0, 0.05) is 87.1 Å². The Morgan fingerprint density at radius 3 is 2.53 bits per heavy atom. The molecular formula is C35H40ClN7O4. The Morgan fingerprint density at radius 2 is 1.77 bits per heavy atom. The number of hydrogen-bond donors (Lipinski definition) is 3. The van der Waals surface area contributed by atoms with Crippen molar-refractivity contribution in [2.75, 3.05) is 44.5 Å². The van der Waals surface area contributed by atoms with Crippen LogP contribution in [0, 0.1) is 6.92 Å². The van der Waals surface area contributed by atoms with Crippen LogP contribution < -0.4 is 20.7 Å². The zero-order valence-corrected chi connectivity index (χ0v) is 27.9. The number of likely N-dealkylation sites (N-methyl/N-ethyl adjacent to an activating group) is 1. The highest BCUT2D eigenvalue weighted by atomic mass is 35.5. The van der Waals surface area contributed by atoms with Gasteiger partial charge in [0.25, 0.3) is 11.8 Å². The molecule has 2 aromatic heterocycles. The topological polar surface area (TPSA) is 123 Å². The van der Waals surface area contributed by atoms with Crippen molar-refractivity contribution in [1.29, 1.82) is 0 Å². The minimum atomic E-state index is -0.358. The molecule has 47 heavy (non-hydrogen) atoms. The van der Waals surface area contributed by atoms with Gasteiger partial charge in [0.15, 0.2) is 5.82 Å². The molecule has 4 heterocycles. The highest BCUT2D eigenvalue weighted by Crippen LogP contribution is 2.38. The van der Waals surface area contributed by atoms with Gasteiger partial charge in [0.1, 0.15) is 11.4 Å². The monoisotopic (exact) mass is 657 g/mol. The molecular weight excluding hydrogens is 618 g/mol. The Labute approximate surface area is 279 Å². The lowest BCUT2D eigenvalue weighted by Crippen LogP contribution is -2.34. The summed E-state index contributed by atoms with van der Waals surface area (Å²) >= 11 is 6.91. The number of methoxy groups -OCH3 is 1. The van der Waals surface area contributed by atoms with Crippen LogP contribution in [0.3, 0.4) is 0 Å². The van der Waals surface area contributed by atoms with Crippen LogP contribution in [-0.2, 0) is 31.3 Å². The first-order valence-corrected chi connectivity index (χ1v) is 16.2. The summed E-state index contributed by atoms with van der Waals surface area (Å²) in [6, 6.07) is 13.2. The van der Waals surface area contributed by atoms with E-state index in [1.165, 1.54) is 0 Å². The number of imidazole rings is 1. The number of benzene rings is 2. The third-order valence-corrected chi connectivity index (χ3v) is 9.37. The maximum atomic E-state index is 13.4. The zero-order chi connectivity index (χ0) is 33.1. The first-order chi connectivity index (χ1) is 22.7. The van der Waals surface area contributed by atoms with Gasteiger partial charge in [-0.25, -0.2) is 4.98 Å². The molecule has 12 heteroatoms. The standard InChI is InChI=1S/C35H40ClN7O4/c1-21-24(25-8-6-10-27(32(25)36)41-35(45)33-39-29-20-42(2)14-11-30(29)43(33)3)7-5-9-26(21)40-34(44)28-17-31(46-4)22(19-38-28)18-37-23-12-15-47-16-13-23/h5-10,17,19,23,37H,11-16,18,20H2,1-4H3,(H,40,44)(H,41,45). The molecule has 0 radical (unpaired) electrons. The van der Waals surface area contributed by atoms with Gasteiger partial charge >= 0.3 is 0 Å². The molecule has 6 rings (SSSR count). The van der Waals surface area contributed by atoms with Gasteiger partial charge in [-0.3, -0.25) is 14.6 Å². The number of aromatic nitrogens is 3. The van der Waals surface area contributed by atoms with E-state index in [0.29, 0.717) is 47.1 Å². The van der Waals surface area contributed by atoms with Crippen LogP contribution in [0.1, 0.15) is 56.5 Å². The second-order valence-electron chi connectivity index (χ2n) is 12.1. The summed E-state index contributed by atoms with van der Waals surface area (Å²) in [5, 5.41) is 9.88. The van der Waals surface area contributed by atoms with Crippen LogP contribution in [0.4, 0.5) is 11.4 Å². The number of nitrogens with zero attached hydrogens (tertiary/aromatic N) is 4. The SMILES string of the molecule is COc1cc(C(=O)Nc2cccc(-c3cccc(NC(=O)c4nc5c(n4C)CCN(C)C5)c3Cl)c2C)ncc1CNC1CCOCC1. The highest BCUT2D eigenvalue weighted by Gasteiger charge is 2.25. The Balaban J connectivity index is 1.18. The number of pyridine rings is 1. The second-order valence-corrected chi connectivity index (χ2v) is 12.5. The second kappa shape index (κ2) is 14.2. The van der Waals surface area contributed by atoms with Crippen molar-refractivity contribution < 1.29 is 19.1 Å². The maximum Gasteiger partial charge on any atom is 0.291 e. The summed E-state index contributed by atoms with van der Waals surface area (Å²) in [6.45, 7) is 5.65. The third-order valence-electron chi connectivity index (χ3n) is 8.97. The van der Waals surface area contributed by atoms with Crippen LogP contribution in [0.2, 0.25) is 5.02 Å². The summed E-state index contributed by atoms with van der Waals surface area (Å²) in [5.74, 6) is 0.263. The third kappa shape index (κ3) is 7.03. The lowest BCUT2D eigenvalue weighted by molar-refractivity contribution is 0.0775. The molecule has 3 N–H and O–H groups in total. The van der Waals surface area contributed by atoms with Gasteiger partial charge in [0.2, 0.25) is 0 Å². The normalized spacial score (nSPS) is 15.3. The van der Waals surface area contributed by atoms with E-state index in [9.17, 15) is 9.59 Å². The van der Waals surface area contributed by atoms with Gasteiger partial charge in [-0.2, -0.15) is 0 Å². The van der Waals surface area contributed by atoms with E-state index in [2.05, 4.69) is 30.8 Å². The molecule has 0 saturated carbocycles. The zero-order valence-electron chi connectivity index (χ0n) is 27.2. The van der Waals surface area contributed by atoms with Gasteiger partial charge in [-0.15, -0.1) is 0 Å². The fraction of sp³-hybridized carbons (Fsp3) is 0.371. The summed E-state index contributed by atoms with van der Waals surface area (Å²) in [5.41, 5.74) is 6.58. The Bertz CT molecular complexity index is 1800. The van der Waals surface area contributed by atoms with Crippen LogP contribution in [0.5, 0.6) is 5.75 Å². The number of hydrogen-bond acceptors (Lipinski definition) is 8. The molecule has 1 fully saturated rings. The van der Waals surface area contributed by atoms with Crippen molar-refractivity contribution >= 4 is 34.8 Å². The Hall–Kier alpha value is -4.29. The molecule has 11 nitrogen and oxygen atoms in total. The molecule has 1 saturated heterocycles. The number of fused-ring (bicyclic) bond motifs is 1. The van der Waals surface area contributed by atoms with Gasteiger partial charge < -0.3 is 34.9 Å². The number of carbonyl (C=O) groups excluding carboxylic acids is 2. The number of rotatable bonds is 9. The number of ether oxygens (including phenoxy) is 2. The van der Waals surface area contributed by atoms with E-state index in [1.807, 2.05) is 55.9 Å². The molecule has 246 valence electrons. The number of halogens is 1. The fourth-order valence-corrected chi connectivity index (χ4v) is 6.47. The quantitative estimate of drug-likeness (QED) is 0.224. The van der Waals surface area contributed by atoms with Crippen LogP contribution in [0.15, 0.2) is 48.7 Å². The summed E-state index contributed by atoms with van der Waals surface area (Å²) < 4.78 is 12.9. The van der Waals surface area contributed by atoms with Crippen molar-refractivity contribution in [2.45, 2.75) is 45.3 Å². The predicted molar refractivity (Wildman–Crippen MR) is 182 cm³/mol. The molecule has 0 atom stereocenters. The molecule has 2 aliphatic rings. The summed E-state index contributed by atoms with van der Waals surface area (Å²) in [4.78, 5) is 38.0. The van der Waals surface area contributed by atoms with Crippen LogP contribution in [0.25, 0.3) is 11.1 Å². The largest absolute Gasteiger partial charge is 0.496 e. The van der Waals surface area contributed by atoms with Crippen molar-refractivity contribution in [3.8, 4) is 16.9 Å². The number of amides is 2. The summed E-state index contributed by atoms with van der Waals surface area (Å²) in [6.07, 6.45) is 4.45. The molecule has 0 bridgehead atoms. The van der Waals surface area contributed by atoms with E-state index in [4.69, 9.17) is 21.1 Å². The van der Waals surface area contributed by atoms with Crippen molar-refractivity contribution in [3.05, 3.63) is 87.7 Å². The first-order valence-electron chi connectivity index (χ1n) is 15.8. The first kappa shape index (κ1) is 32.6. The fourth-order valence-electron chi connectivity index (χ4n) is 6.19. The number of anilines is 2. The molecule has 0 unspecified atom stereocenters. The Kier molecular flexibility index (Phi) is 9.88. The van der Waals surface area contributed by atoms with E-state index in [-0.39, 0.29) is 17.5 Å². The lowest BCUT2D eigenvalue weighted by Gasteiger charge is -2.23. The smallest absolute Gasteiger partial charge is 0.291 e. The van der Waals surface area contributed by atoms with E-state index < -0.39 is 0 Å². The molecule has 4 aromatic rings. The molecule has 0 aliphatic carbocycles. The van der Waals surface area contributed by atoms with Crippen molar-refractivity contribution in [2.24, 2.45) is 7.05 Å². The van der Waals surface area contributed by atoms with E-state index in [1.54, 1.807) is 25.4 Å². The van der Waals surface area contributed by atoms with Gasteiger partial charge in [0.05, 0.1) is 23.5 Å². The molecule has 2 aromatic carbocycles. The molecule has 2 amide bonds. The average Bonchev–Trinajstić information content (AvgIpc) is 3.41. The van der Waals surface area contributed by atoms with Gasteiger partial charge in [-0.05, 0) is 50.1 Å². The Morgan fingerprint density at radius 1 is 1.04 bits per heavy atom. The number of carbonyl (C=O) groups is 2. The minimum absolute atomic E-state index is 0.242. The van der Waals surface area contributed by atoms with Crippen LogP contribution >= 0.6 is 11.6 Å². The van der Waals surface area contributed by atoms with Crippen molar-refractivity contribution in [3.63, 3.8) is 0 Å². The highest BCUT2D eigenvalue weighted by molar-refractivity contribution is 6.36. The van der Waals surface area contributed by atoms with Crippen LogP contribution in [-0.4, -0.2) is 71.2 Å². The lowest BCUT2D eigenvalue weighted by atomic mass is 9.98. The number of nitrogens with one attached hydrogen (secondary N) is 3. The predicted octanol–water partition coefficient (Wildman–Crippen LogP) is 5.21. The minimum Gasteiger partial charge on any atom is -0.496 e. The van der Waals surface area contributed by atoms with Crippen molar-refractivity contribution in [1.82, 2.24) is 24.8 Å². The molecule has 2 aliphatic heterocycles.